The van der Waals surface area contributed by atoms with Gasteiger partial charge in [-0.3, -0.25) is 4.79 Å². The maximum absolute atomic E-state index is 10.8. The van der Waals surface area contributed by atoms with Crippen molar-refractivity contribution in [1.82, 2.24) is 15.0 Å². The Labute approximate surface area is 122 Å². The van der Waals surface area contributed by atoms with Crippen LogP contribution in [0.25, 0.3) is 0 Å². The lowest BCUT2D eigenvalue weighted by atomic mass is 9.94. The van der Waals surface area contributed by atoms with E-state index in [1.54, 1.807) is 0 Å². The molecular weight excluding hydrogens is 284 g/mol. The van der Waals surface area contributed by atoms with Gasteiger partial charge in [-0.15, -0.1) is 0 Å². The predicted octanol–water partition coefficient (Wildman–Crippen LogP) is 2.08. The van der Waals surface area contributed by atoms with Gasteiger partial charge in [0.05, 0.1) is 7.11 Å². The van der Waals surface area contributed by atoms with Gasteiger partial charge in [-0.2, -0.15) is 15.0 Å². The van der Waals surface area contributed by atoms with Crippen LogP contribution in [0.3, 0.4) is 0 Å². The second-order valence-corrected chi connectivity index (χ2v) is 5.23. The van der Waals surface area contributed by atoms with Crippen molar-refractivity contribution in [2.45, 2.75) is 26.7 Å². The number of methoxy groups -OCH3 is 1. The second-order valence-electron chi connectivity index (χ2n) is 4.89. The number of ether oxygens (including phenoxy) is 1. The average molecular weight is 303 g/mol. The standard InChI is InChI=1S/C12H19ClN4O3/c1-7(2)4-8(5-9(18)19)6-14-11-15-10(13)16-12(17-11)20-3/h7-8H,4-6H2,1-3H3,(H,18,19)(H,14,15,16,17). The van der Waals surface area contributed by atoms with Gasteiger partial charge >= 0.3 is 12.0 Å². The minimum Gasteiger partial charge on any atom is -0.481 e. The third kappa shape index (κ3) is 6.01. The van der Waals surface area contributed by atoms with Crippen LogP contribution in [0.2, 0.25) is 5.28 Å². The maximum Gasteiger partial charge on any atom is 0.322 e. The number of aromatic nitrogens is 3. The first-order valence-electron chi connectivity index (χ1n) is 6.32. The number of rotatable bonds is 8. The third-order valence-corrected chi connectivity index (χ3v) is 2.76. The van der Waals surface area contributed by atoms with Crippen molar-refractivity contribution in [2.75, 3.05) is 19.0 Å². The van der Waals surface area contributed by atoms with Crippen molar-refractivity contribution in [2.24, 2.45) is 11.8 Å². The molecule has 0 fully saturated rings. The summed E-state index contributed by atoms with van der Waals surface area (Å²) in [5.74, 6) is -0.128. The van der Waals surface area contributed by atoms with Crippen molar-refractivity contribution in [3.63, 3.8) is 0 Å². The SMILES string of the molecule is COc1nc(Cl)nc(NCC(CC(=O)O)CC(C)C)n1. The van der Waals surface area contributed by atoms with E-state index in [2.05, 4.69) is 34.1 Å². The number of nitrogens with zero attached hydrogens (tertiary/aromatic N) is 3. The Kier molecular flexibility index (Phi) is 6.44. The molecule has 0 radical (unpaired) electrons. The molecule has 2 N–H and O–H groups in total. The number of carboxylic acid groups (broad SMARTS) is 1. The van der Waals surface area contributed by atoms with Gasteiger partial charge in [-0.05, 0) is 29.9 Å². The summed E-state index contributed by atoms with van der Waals surface area (Å²) in [6.07, 6.45) is 0.899. The van der Waals surface area contributed by atoms with E-state index < -0.39 is 5.97 Å². The smallest absolute Gasteiger partial charge is 0.322 e. The van der Waals surface area contributed by atoms with Crippen molar-refractivity contribution in [3.05, 3.63) is 5.28 Å². The zero-order chi connectivity index (χ0) is 15.1. The summed E-state index contributed by atoms with van der Waals surface area (Å²) in [5, 5.41) is 11.9. The van der Waals surface area contributed by atoms with Gasteiger partial charge in [0, 0.05) is 13.0 Å². The molecule has 20 heavy (non-hydrogen) atoms. The Morgan fingerprint density at radius 1 is 1.40 bits per heavy atom. The fraction of sp³-hybridized carbons (Fsp3) is 0.667. The Morgan fingerprint density at radius 3 is 2.65 bits per heavy atom. The van der Waals surface area contributed by atoms with E-state index in [1.807, 2.05) is 0 Å². The number of halogens is 1. The summed E-state index contributed by atoms with van der Waals surface area (Å²) in [5.41, 5.74) is 0. The number of aliphatic carboxylic acids is 1. The lowest BCUT2D eigenvalue weighted by molar-refractivity contribution is -0.138. The topological polar surface area (TPSA) is 97.2 Å². The highest BCUT2D eigenvalue weighted by Crippen LogP contribution is 2.17. The van der Waals surface area contributed by atoms with Crippen LogP contribution in [-0.4, -0.2) is 39.7 Å². The zero-order valence-electron chi connectivity index (χ0n) is 11.8. The van der Waals surface area contributed by atoms with E-state index in [1.165, 1.54) is 7.11 Å². The number of nitrogens with one attached hydrogen (secondary N) is 1. The minimum atomic E-state index is -0.816. The van der Waals surface area contributed by atoms with Crippen molar-refractivity contribution >= 4 is 23.5 Å². The zero-order valence-corrected chi connectivity index (χ0v) is 12.5. The van der Waals surface area contributed by atoms with Crippen LogP contribution in [0, 0.1) is 11.8 Å². The van der Waals surface area contributed by atoms with E-state index in [0.717, 1.165) is 6.42 Å². The molecule has 0 saturated heterocycles. The average Bonchev–Trinajstić information content (AvgIpc) is 2.34. The second kappa shape index (κ2) is 7.84. The number of hydrogen-bond acceptors (Lipinski definition) is 6. The highest BCUT2D eigenvalue weighted by molar-refractivity contribution is 6.28. The molecule has 1 aromatic rings. The molecule has 0 spiro atoms. The lowest BCUT2D eigenvalue weighted by Crippen LogP contribution is -2.20. The van der Waals surface area contributed by atoms with E-state index in [9.17, 15) is 4.79 Å². The molecule has 0 aromatic carbocycles. The highest BCUT2D eigenvalue weighted by Gasteiger charge is 2.16. The summed E-state index contributed by atoms with van der Waals surface area (Å²) in [6, 6.07) is 0.117. The fourth-order valence-corrected chi connectivity index (χ4v) is 2.04. The molecule has 7 nitrogen and oxygen atoms in total. The van der Waals surface area contributed by atoms with Gasteiger partial charge in [-0.25, -0.2) is 0 Å². The van der Waals surface area contributed by atoms with Crippen molar-refractivity contribution < 1.29 is 14.6 Å². The van der Waals surface area contributed by atoms with E-state index in [-0.39, 0.29) is 29.6 Å². The normalized spacial score (nSPS) is 12.2. The van der Waals surface area contributed by atoms with Gasteiger partial charge in [-0.1, -0.05) is 13.8 Å². The molecule has 1 aromatic heterocycles. The maximum atomic E-state index is 10.8. The molecule has 1 atom stereocenters. The van der Waals surface area contributed by atoms with Crippen LogP contribution in [-0.2, 0) is 4.79 Å². The van der Waals surface area contributed by atoms with Crippen LogP contribution in [0.15, 0.2) is 0 Å². The summed E-state index contributed by atoms with van der Waals surface area (Å²) in [7, 11) is 1.43. The van der Waals surface area contributed by atoms with Gasteiger partial charge in [0.25, 0.3) is 0 Å². The van der Waals surface area contributed by atoms with E-state index in [0.29, 0.717) is 12.5 Å². The molecule has 1 heterocycles. The Hall–Kier alpha value is -1.63. The van der Waals surface area contributed by atoms with Crippen LogP contribution in [0.5, 0.6) is 6.01 Å². The van der Waals surface area contributed by atoms with Crippen molar-refractivity contribution in [3.8, 4) is 6.01 Å². The Morgan fingerprint density at radius 2 is 2.10 bits per heavy atom. The molecule has 112 valence electrons. The first-order chi connectivity index (χ1) is 9.40. The monoisotopic (exact) mass is 302 g/mol. The van der Waals surface area contributed by atoms with Gasteiger partial charge < -0.3 is 15.2 Å². The Balaban J connectivity index is 2.66. The molecule has 1 unspecified atom stereocenters. The molecule has 0 amide bonds. The summed E-state index contributed by atoms with van der Waals surface area (Å²) < 4.78 is 4.89. The van der Waals surface area contributed by atoms with E-state index in [4.69, 9.17) is 21.4 Å². The molecule has 1 rings (SSSR count). The van der Waals surface area contributed by atoms with E-state index >= 15 is 0 Å². The lowest BCUT2D eigenvalue weighted by Gasteiger charge is -2.17. The molecular formula is C12H19ClN4O3. The largest absolute Gasteiger partial charge is 0.481 e. The molecule has 8 heteroatoms. The molecule has 0 aliphatic heterocycles. The molecule has 0 aliphatic carbocycles. The summed E-state index contributed by atoms with van der Waals surface area (Å²) in [4.78, 5) is 22.5. The number of hydrogen-bond donors (Lipinski definition) is 2. The third-order valence-electron chi connectivity index (χ3n) is 2.59. The molecule has 0 bridgehead atoms. The Bertz CT molecular complexity index is 456. The minimum absolute atomic E-state index is 0.00552. The van der Waals surface area contributed by atoms with Gasteiger partial charge in [0.2, 0.25) is 11.2 Å². The van der Waals surface area contributed by atoms with Crippen molar-refractivity contribution in [1.29, 1.82) is 0 Å². The number of anilines is 1. The quantitative estimate of drug-likeness (QED) is 0.758. The molecule has 0 aliphatic rings. The number of carboxylic acids is 1. The summed E-state index contributed by atoms with van der Waals surface area (Å²) in [6.45, 7) is 4.56. The highest BCUT2D eigenvalue weighted by atomic mass is 35.5. The first kappa shape index (κ1) is 16.4. The van der Waals surface area contributed by atoms with Crippen LogP contribution in [0.4, 0.5) is 5.95 Å². The van der Waals surface area contributed by atoms with Gasteiger partial charge in [0.15, 0.2) is 0 Å². The predicted molar refractivity (Wildman–Crippen MR) is 75.1 cm³/mol. The summed E-state index contributed by atoms with van der Waals surface area (Å²) >= 11 is 5.74. The number of carbonyl (C=O) groups is 1. The molecule has 0 saturated carbocycles. The van der Waals surface area contributed by atoms with Gasteiger partial charge in [0.1, 0.15) is 0 Å². The van der Waals surface area contributed by atoms with Crippen LogP contribution in [0.1, 0.15) is 26.7 Å². The first-order valence-corrected chi connectivity index (χ1v) is 6.69. The van der Waals surface area contributed by atoms with Crippen LogP contribution >= 0.6 is 11.6 Å². The fourth-order valence-electron chi connectivity index (χ4n) is 1.89. The van der Waals surface area contributed by atoms with Crippen LogP contribution < -0.4 is 10.1 Å².